The summed E-state index contributed by atoms with van der Waals surface area (Å²) in [5.41, 5.74) is -0.287. The number of aliphatic hydroxyl groups excluding tert-OH is 3. The fourth-order valence-electron chi connectivity index (χ4n) is 7.83. The van der Waals surface area contributed by atoms with Crippen LogP contribution in [0.5, 0.6) is 0 Å². The molecule has 0 aromatic heterocycles. The summed E-state index contributed by atoms with van der Waals surface area (Å²) in [5, 5.41) is 32.3. The van der Waals surface area contributed by atoms with Crippen molar-refractivity contribution in [3.63, 3.8) is 0 Å². The molecule has 0 heterocycles. The van der Waals surface area contributed by atoms with E-state index >= 15 is 0 Å². The van der Waals surface area contributed by atoms with E-state index in [1.165, 1.54) is 0 Å². The smallest absolute Gasteiger partial charge is 0.133 e. The van der Waals surface area contributed by atoms with Crippen LogP contribution in [0, 0.1) is 40.4 Å². The monoisotopic (exact) mass is 350 g/mol. The molecule has 0 aromatic carbocycles. The standard InChI is InChI=1S/C21H34O4/c1-11(22)14-4-5-15-19-16(10-18(25)21(14,15)3)20(2)7-6-13(23)8-12(20)9-17(19)24/h12-19,23-25H,4-10H2,1-3H3/t12?,13?,14?,15-,16+,17?,18?,19-,20-,21+/m0/s1. The van der Waals surface area contributed by atoms with Gasteiger partial charge in [0.05, 0.1) is 18.3 Å². The SMILES string of the molecule is CC(=O)C1CC[C@H]2[C@@H]3C(O)CC4CC(O)CC[C@]4(C)[C@@H]3CC(O)[C@]12C. The molecule has 4 heteroatoms. The molecule has 0 radical (unpaired) electrons. The molecule has 4 aliphatic rings. The second-order valence-electron chi connectivity index (χ2n) is 10.1. The van der Waals surface area contributed by atoms with Crippen LogP contribution in [-0.4, -0.2) is 39.4 Å². The maximum atomic E-state index is 12.2. The average Bonchev–Trinajstić information content (AvgIpc) is 2.89. The molecular formula is C21H34O4. The number of fused-ring (bicyclic) bond motifs is 5. The lowest BCUT2D eigenvalue weighted by molar-refractivity contribution is -0.204. The van der Waals surface area contributed by atoms with Crippen molar-refractivity contribution in [1.82, 2.24) is 0 Å². The molecule has 0 spiro atoms. The van der Waals surface area contributed by atoms with Crippen LogP contribution in [0.25, 0.3) is 0 Å². The molecule has 0 aromatic rings. The number of hydrogen-bond acceptors (Lipinski definition) is 4. The van der Waals surface area contributed by atoms with Crippen molar-refractivity contribution < 1.29 is 20.1 Å². The van der Waals surface area contributed by atoms with Crippen molar-refractivity contribution in [2.24, 2.45) is 40.4 Å². The highest BCUT2D eigenvalue weighted by Gasteiger charge is 2.65. The van der Waals surface area contributed by atoms with Gasteiger partial charge in [0.15, 0.2) is 0 Å². The van der Waals surface area contributed by atoms with Gasteiger partial charge in [-0.15, -0.1) is 0 Å². The zero-order valence-electron chi connectivity index (χ0n) is 15.8. The zero-order valence-corrected chi connectivity index (χ0v) is 15.8. The predicted molar refractivity (Wildman–Crippen MR) is 94.7 cm³/mol. The van der Waals surface area contributed by atoms with Crippen molar-refractivity contribution in [3.05, 3.63) is 0 Å². The van der Waals surface area contributed by atoms with E-state index in [9.17, 15) is 20.1 Å². The third-order valence-corrected chi connectivity index (χ3v) is 9.25. The minimum Gasteiger partial charge on any atom is -0.393 e. The first-order chi connectivity index (χ1) is 11.7. The lowest BCUT2D eigenvalue weighted by Crippen LogP contribution is -2.62. The van der Waals surface area contributed by atoms with E-state index in [2.05, 4.69) is 13.8 Å². The molecule has 0 saturated heterocycles. The Labute approximate surface area is 151 Å². The van der Waals surface area contributed by atoms with E-state index in [1.54, 1.807) is 6.92 Å². The van der Waals surface area contributed by atoms with Gasteiger partial charge in [-0.25, -0.2) is 0 Å². The van der Waals surface area contributed by atoms with Crippen LogP contribution in [0.1, 0.15) is 65.7 Å². The molecule has 5 unspecified atom stereocenters. The van der Waals surface area contributed by atoms with Gasteiger partial charge in [-0.05, 0) is 81.0 Å². The Kier molecular flexibility index (Phi) is 4.14. The summed E-state index contributed by atoms with van der Waals surface area (Å²) in [6, 6.07) is 0. The van der Waals surface area contributed by atoms with Crippen LogP contribution < -0.4 is 0 Å². The highest BCUT2D eigenvalue weighted by atomic mass is 16.3. The summed E-state index contributed by atoms with van der Waals surface area (Å²) in [6.45, 7) is 6.09. The zero-order chi connectivity index (χ0) is 18.1. The number of ketones is 1. The maximum Gasteiger partial charge on any atom is 0.133 e. The van der Waals surface area contributed by atoms with Crippen molar-refractivity contribution in [2.45, 2.75) is 84.0 Å². The van der Waals surface area contributed by atoms with Crippen molar-refractivity contribution in [2.75, 3.05) is 0 Å². The third-order valence-electron chi connectivity index (χ3n) is 9.25. The van der Waals surface area contributed by atoms with Crippen LogP contribution in [0.15, 0.2) is 0 Å². The van der Waals surface area contributed by atoms with Crippen LogP contribution >= 0.6 is 0 Å². The third kappa shape index (κ3) is 2.33. The number of Topliss-reactive ketones (excluding diaryl/α,β-unsaturated/α-hetero) is 1. The van der Waals surface area contributed by atoms with Crippen LogP contribution in [0.2, 0.25) is 0 Å². The maximum absolute atomic E-state index is 12.2. The number of aliphatic hydroxyl groups is 3. The topological polar surface area (TPSA) is 77.8 Å². The minimum atomic E-state index is -0.468. The summed E-state index contributed by atoms with van der Waals surface area (Å²) in [6.07, 6.45) is 4.78. The van der Waals surface area contributed by atoms with Crippen molar-refractivity contribution in [3.8, 4) is 0 Å². The van der Waals surface area contributed by atoms with Crippen LogP contribution in [-0.2, 0) is 4.79 Å². The van der Waals surface area contributed by atoms with Crippen molar-refractivity contribution in [1.29, 1.82) is 0 Å². The quantitative estimate of drug-likeness (QED) is 0.679. The van der Waals surface area contributed by atoms with Gasteiger partial charge in [0.1, 0.15) is 5.78 Å². The van der Waals surface area contributed by atoms with E-state index in [4.69, 9.17) is 0 Å². The molecule has 4 saturated carbocycles. The van der Waals surface area contributed by atoms with E-state index in [-0.39, 0.29) is 46.6 Å². The fourth-order valence-corrected chi connectivity index (χ4v) is 7.83. The summed E-state index contributed by atoms with van der Waals surface area (Å²) >= 11 is 0. The molecule has 4 fully saturated rings. The second kappa shape index (κ2) is 5.77. The van der Waals surface area contributed by atoms with E-state index < -0.39 is 6.10 Å². The largest absolute Gasteiger partial charge is 0.393 e. The first-order valence-corrected chi connectivity index (χ1v) is 10.2. The summed E-state index contributed by atoms with van der Waals surface area (Å²) in [4.78, 5) is 12.2. The Bertz CT molecular complexity index is 562. The Morgan fingerprint density at radius 1 is 0.960 bits per heavy atom. The van der Waals surface area contributed by atoms with Gasteiger partial charge < -0.3 is 15.3 Å². The highest BCUT2D eigenvalue weighted by Crippen LogP contribution is 2.67. The number of hydrogen-bond donors (Lipinski definition) is 3. The molecule has 0 aliphatic heterocycles. The minimum absolute atomic E-state index is 0.0700. The van der Waals surface area contributed by atoms with Crippen molar-refractivity contribution >= 4 is 5.78 Å². The Morgan fingerprint density at radius 3 is 2.36 bits per heavy atom. The molecule has 142 valence electrons. The van der Waals surface area contributed by atoms with Crippen LogP contribution in [0.4, 0.5) is 0 Å². The first-order valence-electron chi connectivity index (χ1n) is 10.2. The molecule has 0 amide bonds. The summed E-state index contributed by atoms with van der Waals surface area (Å²) in [5.74, 6) is 1.18. The van der Waals surface area contributed by atoms with Gasteiger partial charge in [-0.3, -0.25) is 4.79 Å². The highest BCUT2D eigenvalue weighted by molar-refractivity contribution is 5.79. The lowest BCUT2D eigenvalue weighted by Gasteiger charge is -2.63. The Hall–Kier alpha value is -0.450. The van der Waals surface area contributed by atoms with Gasteiger partial charge in [0.2, 0.25) is 0 Å². The van der Waals surface area contributed by atoms with E-state index in [0.29, 0.717) is 18.3 Å². The Balaban J connectivity index is 1.71. The Morgan fingerprint density at radius 2 is 1.68 bits per heavy atom. The number of carbonyl (C=O) groups excluding carboxylic acids is 1. The lowest BCUT2D eigenvalue weighted by atomic mass is 9.43. The first kappa shape index (κ1) is 17.9. The van der Waals surface area contributed by atoms with Gasteiger partial charge >= 0.3 is 0 Å². The molecule has 4 nitrogen and oxygen atoms in total. The fraction of sp³-hybridized carbons (Fsp3) is 0.952. The molecular weight excluding hydrogens is 316 g/mol. The normalized spacial score (nSPS) is 58.2. The molecule has 3 N–H and O–H groups in total. The number of rotatable bonds is 1. The molecule has 10 atom stereocenters. The summed E-state index contributed by atoms with van der Waals surface area (Å²) in [7, 11) is 0. The van der Waals surface area contributed by atoms with Gasteiger partial charge in [0, 0.05) is 11.3 Å². The predicted octanol–water partition coefficient (Wildman–Crippen LogP) is 2.54. The average molecular weight is 350 g/mol. The molecule has 4 rings (SSSR count). The molecule has 25 heavy (non-hydrogen) atoms. The van der Waals surface area contributed by atoms with Gasteiger partial charge in [-0.2, -0.15) is 0 Å². The van der Waals surface area contributed by atoms with E-state index in [0.717, 1.165) is 38.5 Å². The molecule has 4 aliphatic carbocycles. The number of carbonyl (C=O) groups is 1. The molecule has 0 bridgehead atoms. The van der Waals surface area contributed by atoms with Gasteiger partial charge in [0.25, 0.3) is 0 Å². The van der Waals surface area contributed by atoms with Crippen LogP contribution in [0.3, 0.4) is 0 Å². The summed E-state index contributed by atoms with van der Waals surface area (Å²) < 4.78 is 0. The second-order valence-corrected chi connectivity index (χ2v) is 10.1. The van der Waals surface area contributed by atoms with E-state index in [1.807, 2.05) is 0 Å². The van der Waals surface area contributed by atoms with Gasteiger partial charge in [-0.1, -0.05) is 13.8 Å².